The molecule has 0 radical (unpaired) electrons. The van der Waals surface area contributed by atoms with E-state index in [0.717, 1.165) is 29.2 Å². The molecule has 1 atom stereocenters. The van der Waals surface area contributed by atoms with Crippen molar-refractivity contribution in [3.05, 3.63) is 77.6 Å². The lowest BCUT2D eigenvalue weighted by molar-refractivity contribution is -0.128. The molecule has 28 heavy (non-hydrogen) atoms. The lowest BCUT2D eigenvalue weighted by Gasteiger charge is -2.21. The van der Waals surface area contributed by atoms with Gasteiger partial charge >= 0.3 is 0 Å². The number of hydrogen-bond donors (Lipinski definition) is 0. The van der Waals surface area contributed by atoms with Crippen molar-refractivity contribution < 1.29 is 4.79 Å². The van der Waals surface area contributed by atoms with Gasteiger partial charge in [-0.05, 0) is 43.4 Å². The Kier molecular flexibility index (Phi) is 5.53. The number of thioether (sulfide) groups is 1. The van der Waals surface area contributed by atoms with E-state index in [2.05, 4.69) is 28.8 Å². The number of aryl methyl sites for hydroxylation is 1. The van der Waals surface area contributed by atoms with Crippen molar-refractivity contribution in [2.75, 3.05) is 14.1 Å². The van der Waals surface area contributed by atoms with E-state index in [0.29, 0.717) is 0 Å². The molecule has 0 aliphatic heterocycles. The smallest absolute Gasteiger partial charge is 0.240 e. The fourth-order valence-corrected chi connectivity index (χ4v) is 4.97. The highest BCUT2D eigenvalue weighted by atomic mass is 32.2. The summed E-state index contributed by atoms with van der Waals surface area (Å²) in [6, 6.07) is 20.4. The molecule has 1 amide bonds. The molecule has 0 N–H and O–H groups in total. The van der Waals surface area contributed by atoms with Crippen LogP contribution in [0.2, 0.25) is 0 Å². The molecule has 0 saturated carbocycles. The van der Waals surface area contributed by atoms with Crippen molar-refractivity contribution in [2.24, 2.45) is 0 Å². The quantitative estimate of drug-likeness (QED) is 0.593. The average molecular weight is 392 g/mol. The number of hydrogen-bond acceptors (Lipinski definition) is 3. The molecule has 4 rings (SSSR count). The van der Waals surface area contributed by atoms with Gasteiger partial charge in [-0.1, -0.05) is 60.3 Å². The van der Waals surface area contributed by atoms with E-state index in [1.54, 1.807) is 16.7 Å². The summed E-state index contributed by atoms with van der Waals surface area (Å²) in [5, 5.41) is 0.588. The molecule has 1 aliphatic rings. The van der Waals surface area contributed by atoms with Crippen LogP contribution in [0.5, 0.6) is 0 Å². The summed E-state index contributed by atoms with van der Waals surface area (Å²) in [6.07, 6.45) is 4.42. The van der Waals surface area contributed by atoms with Crippen LogP contribution in [0.15, 0.2) is 65.8 Å². The number of amides is 1. The minimum Gasteiger partial charge on any atom is -0.348 e. The van der Waals surface area contributed by atoms with E-state index in [9.17, 15) is 4.79 Å². The molecule has 0 spiro atoms. The minimum atomic E-state index is -0.317. The van der Waals surface area contributed by atoms with Crippen LogP contribution in [0.3, 0.4) is 0 Å². The first-order valence-electron chi connectivity index (χ1n) is 9.74. The molecule has 144 valence electrons. The number of likely N-dealkylation sites (N-methyl/N-ethyl adjacent to an activating group) is 1. The first kappa shape index (κ1) is 18.8. The Morgan fingerprint density at radius 3 is 2.32 bits per heavy atom. The summed E-state index contributed by atoms with van der Waals surface area (Å²) in [4.78, 5) is 19.7. The Balaban J connectivity index is 1.79. The van der Waals surface area contributed by atoms with Gasteiger partial charge in [-0.15, -0.1) is 0 Å². The predicted molar refractivity (Wildman–Crippen MR) is 114 cm³/mol. The average Bonchev–Trinajstić information content (AvgIpc) is 3.10. The van der Waals surface area contributed by atoms with E-state index in [1.165, 1.54) is 24.2 Å². The largest absolute Gasteiger partial charge is 0.348 e. The summed E-state index contributed by atoms with van der Waals surface area (Å²) in [7, 11) is 3.63. The number of aromatic nitrogens is 2. The second-order valence-corrected chi connectivity index (χ2v) is 8.38. The van der Waals surface area contributed by atoms with Gasteiger partial charge in [0.2, 0.25) is 5.91 Å². The number of carbonyl (C=O) groups excluding carboxylic acids is 1. The molecule has 1 heterocycles. The highest BCUT2D eigenvalue weighted by Crippen LogP contribution is 2.39. The highest BCUT2D eigenvalue weighted by Gasteiger charge is 2.28. The molecule has 1 aliphatic carbocycles. The lowest BCUT2D eigenvalue weighted by atomic mass is 10.0. The number of para-hydroxylation sites is 1. The van der Waals surface area contributed by atoms with Gasteiger partial charge in [-0.3, -0.25) is 9.36 Å². The molecule has 4 nitrogen and oxygen atoms in total. The maximum Gasteiger partial charge on any atom is 0.240 e. The summed E-state index contributed by atoms with van der Waals surface area (Å²) < 4.78 is 2.26. The minimum absolute atomic E-state index is 0.0804. The number of benzene rings is 2. The summed E-state index contributed by atoms with van der Waals surface area (Å²) >= 11 is 1.55. The summed E-state index contributed by atoms with van der Waals surface area (Å²) in [5.74, 6) is 0.0804. The first-order chi connectivity index (χ1) is 13.6. The van der Waals surface area contributed by atoms with Crippen molar-refractivity contribution in [3.63, 3.8) is 0 Å². The molecule has 0 unspecified atom stereocenters. The van der Waals surface area contributed by atoms with E-state index in [4.69, 9.17) is 4.98 Å². The third kappa shape index (κ3) is 3.72. The Morgan fingerprint density at radius 1 is 1.00 bits per heavy atom. The fourth-order valence-electron chi connectivity index (χ4n) is 3.67. The molecule has 1 aromatic heterocycles. The van der Waals surface area contributed by atoms with Crippen molar-refractivity contribution >= 4 is 17.7 Å². The number of imidazole rings is 1. The van der Waals surface area contributed by atoms with Crippen LogP contribution in [0.1, 0.15) is 35.0 Å². The van der Waals surface area contributed by atoms with E-state index < -0.39 is 0 Å². The van der Waals surface area contributed by atoms with Gasteiger partial charge in [0.1, 0.15) is 5.25 Å². The fraction of sp³-hybridized carbons (Fsp3) is 0.304. The Labute approximate surface area is 170 Å². The van der Waals surface area contributed by atoms with E-state index in [1.807, 2.05) is 50.5 Å². The molecule has 2 aromatic carbocycles. The van der Waals surface area contributed by atoms with Gasteiger partial charge in [0.15, 0.2) is 5.16 Å². The zero-order chi connectivity index (χ0) is 19.5. The maximum atomic E-state index is 13.0. The molecular weight excluding hydrogens is 366 g/mol. The highest BCUT2D eigenvalue weighted by molar-refractivity contribution is 8.00. The molecule has 0 fully saturated rings. The van der Waals surface area contributed by atoms with Crippen molar-refractivity contribution in [1.29, 1.82) is 0 Å². The molecule has 5 heteroatoms. The number of rotatable bonds is 5. The van der Waals surface area contributed by atoms with Gasteiger partial charge in [-0.2, -0.15) is 0 Å². The Bertz CT molecular complexity index is 951. The first-order valence-corrected chi connectivity index (χ1v) is 10.6. The Hall–Kier alpha value is -2.53. The van der Waals surface area contributed by atoms with Crippen LogP contribution in [-0.2, 0) is 17.6 Å². The molecule has 3 aromatic rings. The van der Waals surface area contributed by atoms with Gasteiger partial charge in [0.25, 0.3) is 0 Å². The normalized spacial score (nSPS) is 14.4. The van der Waals surface area contributed by atoms with E-state index >= 15 is 0 Å². The second-order valence-electron chi connectivity index (χ2n) is 7.31. The standard InChI is InChI=1S/C23H25N3OS/c1-25(2)22(27)21(17-11-5-3-6-12-17)28-23-24-19-15-9-10-16-20(19)26(23)18-13-7-4-8-14-18/h3-8,11-14,21H,9-10,15-16H2,1-2H3/t21-/m0/s1. The topological polar surface area (TPSA) is 38.1 Å². The van der Waals surface area contributed by atoms with Crippen LogP contribution in [0, 0.1) is 0 Å². The lowest BCUT2D eigenvalue weighted by Crippen LogP contribution is -2.27. The van der Waals surface area contributed by atoms with Crippen LogP contribution < -0.4 is 0 Å². The monoisotopic (exact) mass is 391 g/mol. The van der Waals surface area contributed by atoms with Crippen LogP contribution in [-0.4, -0.2) is 34.5 Å². The Morgan fingerprint density at radius 2 is 1.64 bits per heavy atom. The zero-order valence-electron chi connectivity index (χ0n) is 16.3. The third-order valence-corrected chi connectivity index (χ3v) is 6.30. The molecule has 0 bridgehead atoms. The van der Waals surface area contributed by atoms with Crippen LogP contribution in [0.4, 0.5) is 0 Å². The number of carbonyl (C=O) groups is 1. The molecular formula is C23H25N3OS. The van der Waals surface area contributed by atoms with Gasteiger partial charge in [0.05, 0.1) is 5.69 Å². The van der Waals surface area contributed by atoms with Gasteiger partial charge < -0.3 is 4.90 Å². The third-order valence-electron chi connectivity index (χ3n) is 5.11. The van der Waals surface area contributed by atoms with Crippen LogP contribution >= 0.6 is 11.8 Å². The summed E-state index contributed by atoms with van der Waals surface area (Å²) in [5.41, 5.74) is 4.60. The van der Waals surface area contributed by atoms with Crippen LogP contribution in [0.25, 0.3) is 5.69 Å². The maximum absolute atomic E-state index is 13.0. The van der Waals surface area contributed by atoms with Crippen molar-refractivity contribution in [2.45, 2.75) is 36.1 Å². The van der Waals surface area contributed by atoms with Gasteiger partial charge in [0, 0.05) is 25.5 Å². The van der Waals surface area contributed by atoms with Crippen molar-refractivity contribution in [1.82, 2.24) is 14.5 Å². The predicted octanol–water partition coefficient (Wildman–Crippen LogP) is 4.67. The van der Waals surface area contributed by atoms with Gasteiger partial charge in [-0.25, -0.2) is 4.98 Å². The van der Waals surface area contributed by atoms with Crippen molar-refractivity contribution in [3.8, 4) is 5.69 Å². The number of fused-ring (bicyclic) bond motifs is 1. The molecule has 0 saturated heterocycles. The summed E-state index contributed by atoms with van der Waals surface area (Å²) in [6.45, 7) is 0. The number of nitrogens with zero attached hydrogens (tertiary/aromatic N) is 3. The second kappa shape index (κ2) is 8.23. The SMILES string of the molecule is CN(C)C(=O)[C@@H](Sc1nc2c(n1-c1ccccc1)CCCC2)c1ccccc1. The van der Waals surface area contributed by atoms with E-state index in [-0.39, 0.29) is 11.2 Å². The zero-order valence-corrected chi connectivity index (χ0v) is 17.2.